The molecule has 0 spiro atoms. The van der Waals surface area contributed by atoms with Crippen LogP contribution in [0.25, 0.3) is 0 Å². The fraction of sp³-hybridized carbons (Fsp3) is 0.548. The fourth-order valence-electron chi connectivity index (χ4n) is 4.58. The van der Waals surface area contributed by atoms with Gasteiger partial charge < -0.3 is 20.7 Å². The van der Waals surface area contributed by atoms with Crippen molar-refractivity contribution < 1.29 is 27.1 Å². The molecule has 2 amide bonds. The molecule has 3 N–H and O–H groups in total. The van der Waals surface area contributed by atoms with E-state index in [0.717, 1.165) is 5.56 Å². The van der Waals surface area contributed by atoms with E-state index in [4.69, 9.17) is 4.74 Å². The Hall–Kier alpha value is -2.86. The van der Waals surface area contributed by atoms with Crippen molar-refractivity contribution in [2.75, 3.05) is 33.0 Å². The largest absolute Gasteiger partial charge is 0.378 e. The summed E-state index contributed by atoms with van der Waals surface area (Å²) in [6.07, 6.45) is 0.900. The van der Waals surface area contributed by atoms with Crippen molar-refractivity contribution in [1.29, 1.82) is 0 Å². The third-order valence-corrected chi connectivity index (χ3v) is 7.97. The maximum atomic E-state index is 13.8. The van der Waals surface area contributed by atoms with Crippen LogP contribution in [0.3, 0.4) is 0 Å². The summed E-state index contributed by atoms with van der Waals surface area (Å²) in [5, 5.41) is 8.89. The second kappa shape index (κ2) is 16.1. The molecule has 0 saturated heterocycles. The number of halogens is 1. The third-order valence-electron chi connectivity index (χ3n) is 6.74. The van der Waals surface area contributed by atoms with Crippen molar-refractivity contribution in [3.8, 4) is 0 Å². The number of carbonyl (C=O) groups is 2. The first-order chi connectivity index (χ1) is 19.6. The molecule has 11 heteroatoms. The zero-order chi connectivity index (χ0) is 31.5. The van der Waals surface area contributed by atoms with Crippen molar-refractivity contribution in [1.82, 2.24) is 20.3 Å². The molecule has 0 aliphatic heterocycles. The van der Waals surface area contributed by atoms with Crippen molar-refractivity contribution in [2.45, 2.75) is 65.8 Å². The van der Waals surface area contributed by atoms with Crippen LogP contribution >= 0.6 is 0 Å². The number of amides is 2. The molecule has 2 aromatic carbocycles. The second-order valence-electron chi connectivity index (χ2n) is 12.2. The topological polar surface area (TPSA) is 117 Å². The molecule has 2 rings (SSSR count). The van der Waals surface area contributed by atoms with Gasteiger partial charge in [0.25, 0.3) is 0 Å². The van der Waals surface area contributed by atoms with Gasteiger partial charge in [-0.2, -0.15) is 4.31 Å². The highest BCUT2D eigenvalue weighted by Gasteiger charge is 2.36. The summed E-state index contributed by atoms with van der Waals surface area (Å²) >= 11 is 0. The second-order valence-corrected chi connectivity index (χ2v) is 14.1. The minimum Gasteiger partial charge on any atom is -0.378 e. The predicted molar refractivity (Wildman–Crippen MR) is 164 cm³/mol. The molecule has 42 heavy (non-hydrogen) atoms. The zero-order valence-electron chi connectivity index (χ0n) is 25.8. The van der Waals surface area contributed by atoms with E-state index in [-0.39, 0.29) is 30.7 Å². The zero-order valence-corrected chi connectivity index (χ0v) is 26.6. The van der Waals surface area contributed by atoms with Crippen molar-refractivity contribution >= 4 is 21.8 Å². The van der Waals surface area contributed by atoms with Gasteiger partial charge in [0.2, 0.25) is 21.8 Å². The molecule has 0 aliphatic carbocycles. The summed E-state index contributed by atoms with van der Waals surface area (Å²) in [6, 6.07) is 14.2. The number of nitrogens with zero attached hydrogens (tertiary/aromatic N) is 1. The number of nitrogens with one attached hydrogen (secondary N) is 3. The Morgan fingerprint density at radius 2 is 1.62 bits per heavy atom. The van der Waals surface area contributed by atoms with E-state index in [1.807, 2.05) is 65.0 Å². The van der Waals surface area contributed by atoms with E-state index >= 15 is 0 Å². The van der Waals surface area contributed by atoms with Gasteiger partial charge in [-0.05, 0) is 41.0 Å². The van der Waals surface area contributed by atoms with Crippen molar-refractivity contribution in [3.05, 3.63) is 71.5 Å². The number of methoxy groups -OCH3 is 1. The molecular weight excluding hydrogens is 559 g/mol. The Kier molecular flexibility index (Phi) is 13.6. The molecule has 2 aromatic rings. The molecular formula is C31H47FN4O5S. The molecule has 0 heterocycles. The lowest BCUT2D eigenvalue weighted by Gasteiger charge is -2.35. The molecule has 0 bridgehead atoms. The number of hydrogen-bond donors (Lipinski definition) is 3. The fourth-order valence-corrected chi connectivity index (χ4v) is 5.57. The predicted octanol–water partition coefficient (Wildman–Crippen LogP) is 3.11. The minimum atomic E-state index is -3.53. The number of rotatable bonds is 16. The van der Waals surface area contributed by atoms with Crippen LogP contribution in [0, 0.1) is 17.2 Å². The van der Waals surface area contributed by atoms with Gasteiger partial charge in [-0.3, -0.25) is 9.59 Å². The van der Waals surface area contributed by atoms with Crippen LogP contribution < -0.4 is 16.0 Å². The monoisotopic (exact) mass is 606 g/mol. The maximum absolute atomic E-state index is 13.8. The Morgan fingerprint density at radius 1 is 0.976 bits per heavy atom. The van der Waals surface area contributed by atoms with Gasteiger partial charge in [-0.1, -0.05) is 77.1 Å². The average molecular weight is 607 g/mol. The molecule has 234 valence electrons. The maximum Gasteiger partial charge on any atom is 0.243 e. The summed E-state index contributed by atoms with van der Waals surface area (Å²) in [4.78, 5) is 26.6. The summed E-state index contributed by atoms with van der Waals surface area (Å²) in [7, 11) is -2.03. The summed E-state index contributed by atoms with van der Waals surface area (Å²) in [5.74, 6) is -1.05. The van der Waals surface area contributed by atoms with Crippen molar-refractivity contribution in [3.63, 3.8) is 0 Å². The molecule has 0 aliphatic rings. The van der Waals surface area contributed by atoms with E-state index in [1.165, 1.54) is 29.8 Å². The molecule has 3 atom stereocenters. The quantitative estimate of drug-likeness (QED) is 0.271. The van der Waals surface area contributed by atoms with Gasteiger partial charge >= 0.3 is 0 Å². The number of carbonyl (C=O) groups excluding carboxylic acids is 2. The summed E-state index contributed by atoms with van der Waals surface area (Å²) < 4.78 is 45.8. The van der Waals surface area contributed by atoms with Gasteiger partial charge in [0, 0.05) is 26.7 Å². The average Bonchev–Trinajstić information content (AvgIpc) is 2.88. The van der Waals surface area contributed by atoms with E-state index in [2.05, 4.69) is 16.0 Å². The summed E-state index contributed by atoms with van der Waals surface area (Å²) in [5.41, 5.74) is 0.999. The van der Waals surface area contributed by atoms with Gasteiger partial charge in [0.05, 0.1) is 24.9 Å². The minimum absolute atomic E-state index is 0.0574. The van der Waals surface area contributed by atoms with Crippen LogP contribution in [0.15, 0.2) is 54.6 Å². The van der Waals surface area contributed by atoms with E-state index in [1.54, 1.807) is 12.1 Å². The van der Waals surface area contributed by atoms with Gasteiger partial charge in [-0.25, -0.2) is 12.8 Å². The van der Waals surface area contributed by atoms with E-state index < -0.39 is 39.5 Å². The van der Waals surface area contributed by atoms with Crippen LogP contribution in [0.4, 0.5) is 4.39 Å². The van der Waals surface area contributed by atoms with Crippen LogP contribution in [0.5, 0.6) is 0 Å². The van der Waals surface area contributed by atoms with Gasteiger partial charge in [-0.15, -0.1) is 0 Å². The SMILES string of the molecule is CO[C@H](CN(CC(C)C)S(C)(=O)=O)[C@H](Cc1ccccc1)NC(=O)[C@@H](NC(=O)CNCc1cccc(F)c1)C(C)(C)C. The number of benzene rings is 2. The highest BCUT2D eigenvalue weighted by molar-refractivity contribution is 7.88. The number of ether oxygens (including phenoxy) is 1. The molecule has 0 radical (unpaired) electrons. The first-order valence-corrected chi connectivity index (χ1v) is 16.0. The van der Waals surface area contributed by atoms with E-state index in [0.29, 0.717) is 25.1 Å². The standard InChI is InChI=1S/C31H47FN4O5S/c1-22(2)20-36(42(7,39)40)21-27(41-6)26(17-23-12-9-8-10-13-23)34-30(38)29(31(3,4)5)35-28(37)19-33-18-24-14-11-15-25(32)16-24/h8-16,22,26-27,29,33H,17-21H2,1-7H3,(H,34,38)(H,35,37)/t26-,27+,29+/m0/s1. The molecule has 0 saturated carbocycles. The van der Waals surface area contributed by atoms with Gasteiger partial charge in [0.15, 0.2) is 0 Å². The van der Waals surface area contributed by atoms with Crippen LogP contribution in [0.1, 0.15) is 45.7 Å². The number of hydrogen-bond acceptors (Lipinski definition) is 6. The highest BCUT2D eigenvalue weighted by atomic mass is 32.2. The third kappa shape index (κ3) is 12.2. The van der Waals surface area contributed by atoms with Crippen LogP contribution in [0.2, 0.25) is 0 Å². The Morgan fingerprint density at radius 3 is 2.17 bits per heavy atom. The first-order valence-electron chi connectivity index (χ1n) is 14.2. The van der Waals surface area contributed by atoms with Crippen molar-refractivity contribution in [2.24, 2.45) is 11.3 Å². The van der Waals surface area contributed by atoms with Gasteiger partial charge in [0.1, 0.15) is 11.9 Å². The first kappa shape index (κ1) is 35.3. The van der Waals surface area contributed by atoms with E-state index in [9.17, 15) is 22.4 Å². The Bertz CT molecular complexity index is 1250. The molecule has 0 fully saturated rings. The molecule has 0 aromatic heterocycles. The highest BCUT2D eigenvalue weighted by Crippen LogP contribution is 2.21. The number of sulfonamides is 1. The van der Waals surface area contributed by atoms with Crippen LogP contribution in [-0.4, -0.2) is 75.7 Å². The lowest BCUT2D eigenvalue weighted by molar-refractivity contribution is -0.132. The Balaban J connectivity index is 2.22. The molecule has 9 nitrogen and oxygen atoms in total. The lowest BCUT2D eigenvalue weighted by Crippen LogP contribution is -2.59. The Labute approximate surface area is 250 Å². The summed E-state index contributed by atoms with van der Waals surface area (Å²) in [6.45, 7) is 10.0. The normalized spacial score (nSPS) is 14.4. The van der Waals surface area contributed by atoms with Crippen LogP contribution in [-0.2, 0) is 37.3 Å². The smallest absolute Gasteiger partial charge is 0.243 e. The lowest BCUT2D eigenvalue weighted by atomic mass is 9.85. The molecule has 0 unspecified atom stereocenters.